The van der Waals surface area contributed by atoms with Gasteiger partial charge in [0.05, 0.1) is 35.3 Å². The smallest absolute Gasteiger partial charge is 0.396 e. The highest BCUT2D eigenvalue weighted by molar-refractivity contribution is 5.86. The number of aromatic nitrogens is 2. The van der Waals surface area contributed by atoms with Crippen molar-refractivity contribution in [3.63, 3.8) is 0 Å². The molecule has 2 aliphatic heterocycles. The standard InChI is InChI=1S/C27H36F3N5O4/c1-16-11-19(13-20(12-16)27(28,29)30)18(3)33(4)25(39)35-8-7-34-22(23(35)21-15-31-32-17(21)2)14-26(5-9-36,6-10-37)24(34)38/h11-13,15,18,22-23,36-37H,5-10,14H2,1-4H3,(H,31,32)/t18-,22+,23+/m1/s1. The maximum absolute atomic E-state index is 14.0. The van der Waals surface area contributed by atoms with Crippen LogP contribution in [0.3, 0.4) is 0 Å². The average Bonchev–Trinajstić information content (AvgIpc) is 3.42. The molecule has 214 valence electrons. The summed E-state index contributed by atoms with van der Waals surface area (Å²) in [6.07, 6.45) is -2.12. The first kappa shape index (κ1) is 28.9. The van der Waals surface area contributed by atoms with Gasteiger partial charge in [0.2, 0.25) is 5.91 Å². The monoisotopic (exact) mass is 551 g/mol. The third-order valence-electron chi connectivity index (χ3n) is 8.40. The number of carbonyl (C=O) groups is 2. The Hall–Kier alpha value is -3.12. The summed E-state index contributed by atoms with van der Waals surface area (Å²) in [4.78, 5) is 32.4. The van der Waals surface area contributed by atoms with Crippen molar-refractivity contribution in [3.8, 4) is 0 Å². The zero-order chi connectivity index (χ0) is 28.7. The maximum atomic E-state index is 14.0. The van der Waals surface area contributed by atoms with Crippen LogP contribution >= 0.6 is 0 Å². The predicted molar refractivity (Wildman–Crippen MR) is 136 cm³/mol. The summed E-state index contributed by atoms with van der Waals surface area (Å²) in [7, 11) is 1.57. The number of hydrogen-bond acceptors (Lipinski definition) is 5. The van der Waals surface area contributed by atoms with Crippen LogP contribution in [0.15, 0.2) is 24.4 Å². The van der Waals surface area contributed by atoms with Gasteiger partial charge < -0.3 is 24.9 Å². The molecule has 2 aromatic rings. The third-order valence-corrected chi connectivity index (χ3v) is 8.40. The summed E-state index contributed by atoms with van der Waals surface area (Å²) in [6, 6.07) is 1.79. The number of aliphatic hydroxyl groups is 2. The number of amides is 3. The molecule has 0 spiro atoms. The second kappa shape index (κ2) is 10.8. The lowest BCUT2D eigenvalue weighted by Gasteiger charge is -2.46. The predicted octanol–water partition coefficient (Wildman–Crippen LogP) is 3.57. The number of nitrogens with zero attached hydrogens (tertiary/aromatic N) is 4. The number of aryl methyl sites for hydroxylation is 2. The summed E-state index contributed by atoms with van der Waals surface area (Å²) < 4.78 is 40.4. The molecule has 39 heavy (non-hydrogen) atoms. The number of fused-ring (bicyclic) bond motifs is 1. The van der Waals surface area contributed by atoms with Gasteiger partial charge >= 0.3 is 12.2 Å². The molecule has 9 nitrogen and oxygen atoms in total. The first-order valence-electron chi connectivity index (χ1n) is 13.1. The number of alkyl halides is 3. The van der Waals surface area contributed by atoms with E-state index in [0.29, 0.717) is 17.5 Å². The highest BCUT2D eigenvalue weighted by Crippen LogP contribution is 2.49. The first-order valence-corrected chi connectivity index (χ1v) is 13.1. The summed E-state index contributed by atoms with van der Waals surface area (Å²) in [5.74, 6) is -0.144. The fraction of sp³-hybridized carbons (Fsp3) is 0.593. The van der Waals surface area contributed by atoms with Gasteiger partial charge in [-0.15, -0.1) is 0 Å². The van der Waals surface area contributed by atoms with Crippen LogP contribution in [0.5, 0.6) is 0 Å². The lowest BCUT2D eigenvalue weighted by Crippen LogP contribution is -2.57. The number of nitrogens with one attached hydrogen (secondary N) is 1. The van der Waals surface area contributed by atoms with Gasteiger partial charge in [0.1, 0.15) is 0 Å². The highest BCUT2D eigenvalue weighted by atomic mass is 19.4. The van der Waals surface area contributed by atoms with Crippen molar-refractivity contribution >= 4 is 11.9 Å². The van der Waals surface area contributed by atoms with Gasteiger partial charge in [-0.3, -0.25) is 9.89 Å². The molecule has 1 aromatic carbocycles. The van der Waals surface area contributed by atoms with Gasteiger partial charge in [-0.1, -0.05) is 11.6 Å². The largest absolute Gasteiger partial charge is 0.416 e. The van der Waals surface area contributed by atoms with E-state index in [1.54, 1.807) is 43.0 Å². The van der Waals surface area contributed by atoms with Crippen molar-refractivity contribution < 1.29 is 33.0 Å². The van der Waals surface area contributed by atoms with E-state index in [1.165, 1.54) is 4.90 Å². The fourth-order valence-corrected chi connectivity index (χ4v) is 6.19. The number of aliphatic hydroxyl groups excluding tert-OH is 2. The van der Waals surface area contributed by atoms with Crippen LogP contribution < -0.4 is 0 Å². The minimum absolute atomic E-state index is 0.144. The van der Waals surface area contributed by atoms with Gasteiger partial charge in [-0.05, 0) is 57.7 Å². The van der Waals surface area contributed by atoms with Gasteiger partial charge in [-0.2, -0.15) is 18.3 Å². The van der Waals surface area contributed by atoms with Gasteiger partial charge in [0, 0.05) is 44.6 Å². The van der Waals surface area contributed by atoms with Crippen LogP contribution in [-0.4, -0.2) is 86.4 Å². The molecule has 3 atom stereocenters. The zero-order valence-electron chi connectivity index (χ0n) is 22.6. The highest BCUT2D eigenvalue weighted by Gasteiger charge is 2.56. The number of halogens is 3. The van der Waals surface area contributed by atoms with Crippen molar-refractivity contribution in [2.24, 2.45) is 5.41 Å². The summed E-state index contributed by atoms with van der Waals surface area (Å²) in [5, 5.41) is 26.5. The number of piperazine rings is 1. The molecule has 3 N–H and O–H groups in total. The maximum Gasteiger partial charge on any atom is 0.416 e. The average molecular weight is 552 g/mol. The number of urea groups is 1. The molecule has 0 saturated carbocycles. The molecule has 0 radical (unpaired) electrons. The topological polar surface area (TPSA) is 113 Å². The van der Waals surface area contributed by atoms with E-state index in [-0.39, 0.29) is 51.1 Å². The van der Waals surface area contributed by atoms with Crippen molar-refractivity contribution in [2.45, 2.75) is 64.3 Å². The number of H-pyrrole nitrogens is 1. The van der Waals surface area contributed by atoms with Gasteiger partial charge in [0.15, 0.2) is 0 Å². The number of carbonyl (C=O) groups excluding carboxylic acids is 2. The Kier molecular flexibility index (Phi) is 8.00. The molecule has 0 unspecified atom stereocenters. The van der Waals surface area contributed by atoms with E-state index < -0.39 is 35.3 Å². The SMILES string of the molecule is Cc1cc([C@@H](C)N(C)C(=O)N2CCN3C(=O)C(CCO)(CCO)C[C@H]3[C@@H]2c2cn[nH]c2C)cc(C(F)(F)F)c1. The van der Waals surface area contributed by atoms with E-state index >= 15 is 0 Å². The molecule has 0 bridgehead atoms. The summed E-state index contributed by atoms with van der Waals surface area (Å²) in [5.41, 5.74) is 0.594. The molecule has 3 heterocycles. The number of rotatable bonds is 7. The van der Waals surface area contributed by atoms with E-state index in [2.05, 4.69) is 10.2 Å². The second-order valence-corrected chi connectivity index (χ2v) is 10.8. The molecular formula is C27H36F3N5O4. The van der Waals surface area contributed by atoms with E-state index in [4.69, 9.17) is 0 Å². The molecular weight excluding hydrogens is 515 g/mol. The van der Waals surface area contributed by atoms with Crippen molar-refractivity contribution in [1.29, 1.82) is 0 Å². The minimum Gasteiger partial charge on any atom is -0.396 e. The van der Waals surface area contributed by atoms with Crippen LogP contribution in [0.4, 0.5) is 18.0 Å². The number of hydrogen-bond donors (Lipinski definition) is 3. The number of aromatic amines is 1. The van der Waals surface area contributed by atoms with E-state index in [0.717, 1.165) is 23.4 Å². The minimum atomic E-state index is -4.51. The van der Waals surface area contributed by atoms with E-state index in [1.807, 2.05) is 6.92 Å². The second-order valence-electron chi connectivity index (χ2n) is 10.8. The molecule has 1 aromatic heterocycles. The van der Waals surface area contributed by atoms with Crippen LogP contribution in [0, 0.1) is 19.3 Å². The van der Waals surface area contributed by atoms with E-state index in [9.17, 15) is 33.0 Å². The zero-order valence-corrected chi connectivity index (χ0v) is 22.6. The fourth-order valence-electron chi connectivity index (χ4n) is 6.19. The Morgan fingerprint density at radius 3 is 2.44 bits per heavy atom. The first-order chi connectivity index (χ1) is 18.3. The Bertz CT molecular complexity index is 1210. The molecule has 2 saturated heterocycles. The van der Waals surface area contributed by atoms with Crippen LogP contribution in [0.2, 0.25) is 0 Å². The molecule has 0 aliphatic carbocycles. The van der Waals surface area contributed by atoms with Crippen molar-refractivity contribution in [2.75, 3.05) is 33.4 Å². The molecule has 2 fully saturated rings. The van der Waals surface area contributed by atoms with Crippen LogP contribution in [0.25, 0.3) is 0 Å². The Morgan fingerprint density at radius 2 is 1.87 bits per heavy atom. The lowest BCUT2D eigenvalue weighted by atomic mass is 9.77. The summed E-state index contributed by atoms with van der Waals surface area (Å²) in [6.45, 7) is 5.17. The van der Waals surface area contributed by atoms with Crippen molar-refractivity contribution in [1.82, 2.24) is 24.9 Å². The van der Waals surface area contributed by atoms with Gasteiger partial charge in [0.25, 0.3) is 0 Å². The lowest BCUT2D eigenvalue weighted by molar-refractivity contribution is -0.140. The van der Waals surface area contributed by atoms with Crippen LogP contribution in [0.1, 0.15) is 66.2 Å². The Balaban J connectivity index is 1.68. The normalized spacial score (nSPS) is 21.7. The Labute approximate surface area is 225 Å². The molecule has 4 rings (SSSR count). The third kappa shape index (κ3) is 5.23. The van der Waals surface area contributed by atoms with Gasteiger partial charge in [-0.25, -0.2) is 4.79 Å². The number of benzene rings is 1. The molecule has 12 heteroatoms. The van der Waals surface area contributed by atoms with Crippen molar-refractivity contribution in [3.05, 3.63) is 52.3 Å². The summed E-state index contributed by atoms with van der Waals surface area (Å²) >= 11 is 0. The molecule has 2 aliphatic rings. The van der Waals surface area contributed by atoms with Crippen LogP contribution in [-0.2, 0) is 11.0 Å². The quantitative estimate of drug-likeness (QED) is 0.487. The Morgan fingerprint density at radius 1 is 1.21 bits per heavy atom. The molecule has 3 amide bonds.